The Bertz CT molecular complexity index is 492. The molecule has 0 atom stereocenters. The molecule has 4 nitrogen and oxygen atoms in total. The molecule has 0 fully saturated rings. The molecule has 0 aromatic heterocycles. The molecular formula is C17H24O4. The third kappa shape index (κ3) is 5.21. The third-order valence-electron chi connectivity index (χ3n) is 3.20. The van der Waals surface area contributed by atoms with Gasteiger partial charge in [-0.2, -0.15) is 0 Å². The van der Waals surface area contributed by atoms with Crippen molar-refractivity contribution in [3.63, 3.8) is 0 Å². The van der Waals surface area contributed by atoms with E-state index in [1.54, 1.807) is 13.8 Å². The second-order valence-corrected chi connectivity index (χ2v) is 5.10. The van der Waals surface area contributed by atoms with Crippen LogP contribution in [0.25, 0.3) is 0 Å². The van der Waals surface area contributed by atoms with Crippen LogP contribution in [-0.2, 0) is 20.7 Å². The molecule has 1 aromatic carbocycles. The highest BCUT2D eigenvalue weighted by Gasteiger charge is 2.15. The molecule has 1 rings (SSSR count). The van der Waals surface area contributed by atoms with Gasteiger partial charge in [-0.3, -0.25) is 4.79 Å². The molecule has 0 saturated carbocycles. The molecule has 0 aliphatic rings. The number of hydrogen-bond donors (Lipinski definition) is 0. The maximum absolute atomic E-state index is 12.1. The van der Waals surface area contributed by atoms with Crippen LogP contribution >= 0.6 is 0 Å². The highest BCUT2D eigenvalue weighted by Crippen LogP contribution is 2.21. The standard InChI is InChI=1S/C17H24O4/c1-5-20-16(18)10-9-13-7-8-14(12(3)4)11-15(13)17(19)21-6-2/h7-8,11-12H,5-6,9-10H2,1-4H3. The lowest BCUT2D eigenvalue weighted by molar-refractivity contribution is -0.143. The van der Waals surface area contributed by atoms with E-state index in [1.165, 1.54) is 0 Å². The van der Waals surface area contributed by atoms with Crippen LogP contribution in [0.2, 0.25) is 0 Å². The van der Waals surface area contributed by atoms with E-state index >= 15 is 0 Å². The van der Waals surface area contributed by atoms with Crippen LogP contribution in [0.4, 0.5) is 0 Å². The summed E-state index contributed by atoms with van der Waals surface area (Å²) in [6.07, 6.45) is 0.743. The Hall–Kier alpha value is -1.84. The molecular weight excluding hydrogens is 268 g/mol. The van der Waals surface area contributed by atoms with Crippen molar-refractivity contribution >= 4 is 11.9 Å². The Morgan fingerprint density at radius 2 is 1.76 bits per heavy atom. The lowest BCUT2D eigenvalue weighted by atomic mass is 9.95. The molecule has 0 radical (unpaired) electrons. The summed E-state index contributed by atoms with van der Waals surface area (Å²) in [5, 5.41) is 0. The van der Waals surface area contributed by atoms with Crippen molar-refractivity contribution in [3.05, 3.63) is 34.9 Å². The molecule has 0 aliphatic heterocycles. The van der Waals surface area contributed by atoms with Gasteiger partial charge in [0.1, 0.15) is 0 Å². The van der Waals surface area contributed by atoms with Gasteiger partial charge in [-0.15, -0.1) is 0 Å². The zero-order valence-electron chi connectivity index (χ0n) is 13.3. The highest BCUT2D eigenvalue weighted by molar-refractivity contribution is 5.91. The average molecular weight is 292 g/mol. The summed E-state index contributed by atoms with van der Waals surface area (Å²) in [4.78, 5) is 23.5. The number of ether oxygens (including phenoxy) is 2. The lowest BCUT2D eigenvalue weighted by Gasteiger charge is -2.13. The topological polar surface area (TPSA) is 52.6 Å². The molecule has 0 bridgehead atoms. The summed E-state index contributed by atoms with van der Waals surface area (Å²) >= 11 is 0. The molecule has 1 aromatic rings. The number of hydrogen-bond acceptors (Lipinski definition) is 4. The summed E-state index contributed by atoms with van der Waals surface area (Å²) in [7, 11) is 0. The van der Waals surface area contributed by atoms with Crippen LogP contribution in [0.1, 0.15) is 61.5 Å². The Kier molecular flexibility index (Phi) is 6.92. The van der Waals surface area contributed by atoms with Gasteiger partial charge in [0.15, 0.2) is 0 Å². The summed E-state index contributed by atoms with van der Waals surface area (Å²) in [5.41, 5.74) is 2.45. The molecule has 0 spiro atoms. The minimum Gasteiger partial charge on any atom is -0.466 e. The van der Waals surface area contributed by atoms with Crippen molar-refractivity contribution < 1.29 is 19.1 Å². The molecule has 0 amide bonds. The SMILES string of the molecule is CCOC(=O)CCc1ccc(C(C)C)cc1C(=O)OCC. The monoisotopic (exact) mass is 292 g/mol. The summed E-state index contributed by atoms with van der Waals surface area (Å²) in [5.74, 6) is -0.253. The fourth-order valence-corrected chi connectivity index (χ4v) is 2.04. The molecule has 0 aliphatic carbocycles. The Morgan fingerprint density at radius 3 is 2.33 bits per heavy atom. The van der Waals surface area contributed by atoms with Gasteiger partial charge in [0, 0.05) is 6.42 Å². The highest BCUT2D eigenvalue weighted by atomic mass is 16.5. The van der Waals surface area contributed by atoms with Crippen molar-refractivity contribution in [2.24, 2.45) is 0 Å². The number of benzene rings is 1. The predicted molar refractivity (Wildman–Crippen MR) is 81.4 cm³/mol. The second kappa shape index (κ2) is 8.45. The molecule has 21 heavy (non-hydrogen) atoms. The first kappa shape index (κ1) is 17.2. The summed E-state index contributed by atoms with van der Waals surface area (Å²) in [6, 6.07) is 5.76. The van der Waals surface area contributed by atoms with Crippen molar-refractivity contribution in [2.75, 3.05) is 13.2 Å². The van der Waals surface area contributed by atoms with Gasteiger partial charge in [0.25, 0.3) is 0 Å². The Labute approximate surface area is 126 Å². The van der Waals surface area contributed by atoms with E-state index in [4.69, 9.17) is 9.47 Å². The smallest absolute Gasteiger partial charge is 0.338 e. The van der Waals surface area contributed by atoms with Crippen LogP contribution in [0.5, 0.6) is 0 Å². The van der Waals surface area contributed by atoms with Crippen molar-refractivity contribution in [1.29, 1.82) is 0 Å². The van der Waals surface area contributed by atoms with Crippen LogP contribution in [0.15, 0.2) is 18.2 Å². The number of carbonyl (C=O) groups excluding carboxylic acids is 2. The zero-order chi connectivity index (χ0) is 15.8. The molecule has 0 saturated heterocycles. The van der Waals surface area contributed by atoms with Crippen molar-refractivity contribution in [2.45, 2.75) is 46.5 Å². The lowest BCUT2D eigenvalue weighted by Crippen LogP contribution is -2.11. The first-order chi connectivity index (χ1) is 9.99. The van der Waals surface area contributed by atoms with Gasteiger partial charge in [-0.25, -0.2) is 4.79 Å². The number of esters is 2. The third-order valence-corrected chi connectivity index (χ3v) is 3.20. The first-order valence-corrected chi connectivity index (χ1v) is 7.45. The molecule has 0 heterocycles. The Balaban J connectivity index is 2.95. The van der Waals surface area contributed by atoms with Gasteiger partial charge in [0.2, 0.25) is 0 Å². The average Bonchev–Trinajstić information content (AvgIpc) is 2.45. The van der Waals surface area contributed by atoms with Gasteiger partial charge < -0.3 is 9.47 Å². The van der Waals surface area contributed by atoms with E-state index in [0.29, 0.717) is 31.1 Å². The van der Waals surface area contributed by atoms with Gasteiger partial charge in [-0.1, -0.05) is 26.0 Å². The minimum atomic E-state index is -0.334. The van der Waals surface area contributed by atoms with E-state index in [9.17, 15) is 9.59 Å². The summed E-state index contributed by atoms with van der Waals surface area (Å²) < 4.78 is 10.0. The normalized spacial score (nSPS) is 10.5. The molecule has 116 valence electrons. The number of carbonyl (C=O) groups is 2. The van der Waals surface area contributed by atoms with Gasteiger partial charge in [0.05, 0.1) is 18.8 Å². The van der Waals surface area contributed by atoms with E-state index in [1.807, 2.05) is 18.2 Å². The van der Waals surface area contributed by atoms with Crippen LogP contribution < -0.4 is 0 Å². The predicted octanol–water partition coefficient (Wildman–Crippen LogP) is 3.48. The zero-order valence-corrected chi connectivity index (χ0v) is 13.3. The summed E-state index contributed by atoms with van der Waals surface area (Å²) in [6.45, 7) is 8.41. The van der Waals surface area contributed by atoms with Crippen LogP contribution in [-0.4, -0.2) is 25.2 Å². The van der Waals surface area contributed by atoms with E-state index in [2.05, 4.69) is 13.8 Å². The largest absolute Gasteiger partial charge is 0.466 e. The fourth-order valence-electron chi connectivity index (χ4n) is 2.04. The van der Waals surface area contributed by atoms with Gasteiger partial charge >= 0.3 is 11.9 Å². The van der Waals surface area contributed by atoms with E-state index in [-0.39, 0.29) is 18.4 Å². The van der Waals surface area contributed by atoms with Crippen LogP contribution in [0, 0.1) is 0 Å². The van der Waals surface area contributed by atoms with Crippen molar-refractivity contribution in [3.8, 4) is 0 Å². The van der Waals surface area contributed by atoms with Gasteiger partial charge in [-0.05, 0) is 43.4 Å². The quantitative estimate of drug-likeness (QED) is 0.722. The Morgan fingerprint density at radius 1 is 1.10 bits per heavy atom. The van der Waals surface area contributed by atoms with E-state index in [0.717, 1.165) is 11.1 Å². The van der Waals surface area contributed by atoms with E-state index < -0.39 is 0 Å². The second-order valence-electron chi connectivity index (χ2n) is 5.10. The van der Waals surface area contributed by atoms with Crippen LogP contribution in [0.3, 0.4) is 0 Å². The number of aryl methyl sites for hydroxylation is 1. The maximum atomic E-state index is 12.1. The molecule has 0 N–H and O–H groups in total. The first-order valence-electron chi connectivity index (χ1n) is 7.45. The number of rotatable bonds is 7. The molecule has 0 unspecified atom stereocenters. The van der Waals surface area contributed by atoms with Crippen molar-refractivity contribution in [1.82, 2.24) is 0 Å². The fraction of sp³-hybridized carbons (Fsp3) is 0.529. The molecule has 4 heteroatoms. The maximum Gasteiger partial charge on any atom is 0.338 e. The minimum absolute atomic E-state index is 0.250.